The number of nitrogens with zero attached hydrogens (tertiary/aromatic N) is 1. The predicted molar refractivity (Wildman–Crippen MR) is 161 cm³/mol. The van der Waals surface area contributed by atoms with Gasteiger partial charge in [0, 0.05) is 20.7 Å². The molecule has 0 spiro atoms. The molecule has 0 heterocycles. The van der Waals surface area contributed by atoms with Crippen LogP contribution in [0.5, 0.6) is 0 Å². The van der Waals surface area contributed by atoms with Crippen molar-refractivity contribution in [3.8, 4) is 0 Å². The van der Waals surface area contributed by atoms with Crippen molar-refractivity contribution < 1.29 is 13.2 Å². The molecular formula is C24H32Br2Cl2N2O3S2. The zero-order valence-corrected chi connectivity index (χ0v) is 27.4. The summed E-state index contributed by atoms with van der Waals surface area (Å²) in [6, 6.07) is 7.25. The quantitative estimate of drug-likeness (QED) is 0.262. The minimum Gasteiger partial charge on any atom is -0.298 e. The van der Waals surface area contributed by atoms with Gasteiger partial charge in [-0.2, -0.15) is 4.40 Å². The third-order valence-electron chi connectivity index (χ3n) is 4.30. The molecule has 2 rings (SSSR count). The van der Waals surface area contributed by atoms with Crippen LogP contribution in [-0.2, 0) is 22.0 Å². The largest absolute Gasteiger partial charge is 0.298 e. The lowest BCUT2D eigenvalue weighted by molar-refractivity contribution is 0.112. The van der Waals surface area contributed by atoms with Crippen LogP contribution in [-0.4, -0.2) is 30.4 Å². The predicted octanol–water partition coefficient (Wildman–Crippen LogP) is 7.92. The van der Waals surface area contributed by atoms with E-state index in [9.17, 15) is 13.2 Å². The average Bonchev–Trinajstić information content (AvgIpc) is 2.75. The lowest BCUT2D eigenvalue weighted by atomic mass is 10.1. The van der Waals surface area contributed by atoms with Gasteiger partial charge in [-0.05, 0) is 116 Å². The van der Waals surface area contributed by atoms with Gasteiger partial charge >= 0.3 is 0 Å². The van der Waals surface area contributed by atoms with Crippen molar-refractivity contribution in [3.63, 3.8) is 0 Å². The Kier molecular flexibility index (Phi) is 14.9. The first-order valence-corrected chi connectivity index (χ1v) is 15.0. The first-order valence-electron chi connectivity index (χ1n) is 10.3. The normalized spacial score (nSPS) is 13.3. The first-order chi connectivity index (χ1) is 15.8. The molecule has 2 aromatic rings. The SMILES string of the molecule is CC(C)(C)[S@@](N)=O.Cc1c(C=N[S@@](=O)C(C)(C)C)ccc(Br)c1Cl.Cc1c(C=O)ccc(Br)c1Cl. The van der Waals surface area contributed by atoms with Gasteiger partial charge in [0.05, 0.1) is 30.5 Å². The van der Waals surface area contributed by atoms with Crippen molar-refractivity contribution in [3.05, 3.63) is 65.5 Å². The highest BCUT2D eigenvalue weighted by atomic mass is 79.9. The molecule has 35 heavy (non-hydrogen) atoms. The van der Waals surface area contributed by atoms with Gasteiger partial charge in [-0.1, -0.05) is 35.3 Å². The van der Waals surface area contributed by atoms with Crippen molar-refractivity contribution in [2.24, 2.45) is 9.54 Å². The minimum atomic E-state index is -1.24. The Morgan fingerprint density at radius 2 is 1.20 bits per heavy atom. The topological polar surface area (TPSA) is 89.6 Å². The highest BCUT2D eigenvalue weighted by Crippen LogP contribution is 2.28. The number of aldehydes is 1. The summed E-state index contributed by atoms with van der Waals surface area (Å²) < 4.78 is 27.3. The molecule has 0 saturated carbocycles. The highest BCUT2D eigenvalue weighted by Gasteiger charge is 2.18. The van der Waals surface area contributed by atoms with E-state index in [2.05, 4.69) is 36.3 Å². The zero-order chi connectivity index (χ0) is 27.7. The minimum absolute atomic E-state index is 0.250. The summed E-state index contributed by atoms with van der Waals surface area (Å²) in [5, 5.41) is 6.31. The first kappa shape index (κ1) is 34.6. The maximum absolute atomic E-state index is 11.8. The molecule has 0 aliphatic carbocycles. The Morgan fingerprint density at radius 1 is 0.829 bits per heavy atom. The van der Waals surface area contributed by atoms with E-state index in [1.807, 2.05) is 67.5 Å². The van der Waals surface area contributed by atoms with Crippen LogP contribution in [0.2, 0.25) is 10.0 Å². The number of hydrogen-bond acceptors (Lipinski definition) is 3. The second-order valence-corrected chi connectivity index (χ2v) is 15.5. The van der Waals surface area contributed by atoms with E-state index in [0.717, 1.165) is 31.9 Å². The fourth-order valence-electron chi connectivity index (χ4n) is 1.86. The highest BCUT2D eigenvalue weighted by molar-refractivity contribution is 9.10. The third kappa shape index (κ3) is 12.1. The maximum atomic E-state index is 11.8. The lowest BCUT2D eigenvalue weighted by Gasteiger charge is -2.13. The van der Waals surface area contributed by atoms with Gasteiger partial charge in [0.25, 0.3) is 0 Å². The van der Waals surface area contributed by atoms with Crippen molar-refractivity contribution in [1.82, 2.24) is 0 Å². The molecule has 0 unspecified atom stereocenters. The standard InChI is InChI=1S/C12H15BrClNOS.C8H6BrClO.C4H11NOS/c1-8-9(5-6-10(13)11(8)14)7-15-17(16)12(2,3)4;1-5-6(4-11)2-3-7(9)8(5)10;1-4(2,3)7(5)6/h5-7H,1-4H3;2-4H,1H3;5H2,1-3H3/t17-;;7-/m0.0/s1. The number of rotatable bonds is 3. The van der Waals surface area contributed by atoms with E-state index in [0.29, 0.717) is 15.6 Å². The van der Waals surface area contributed by atoms with Crippen LogP contribution >= 0.6 is 55.1 Å². The van der Waals surface area contributed by atoms with Crippen LogP contribution in [0.1, 0.15) is 68.6 Å². The van der Waals surface area contributed by atoms with Crippen LogP contribution in [0.3, 0.4) is 0 Å². The fraction of sp³-hybridized carbons (Fsp3) is 0.417. The van der Waals surface area contributed by atoms with Crippen LogP contribution in [0.25, 0.3) is 0 Å². The van der Waals surface area contributed by atoms with E-state index in [1.54, 1.807) is 18.3 Å². The Bertz CT molecular complexity index is 1110. The van der Waals surface area contributed by atoms with Crippen molar-refractivity contribution >= 4 is 89.5 Å². The van der Waals surface area contributed by atoms with Crippen molar-refractivity contribution in [2.45, 2.75) is 64.9 Å². The fourth-order valence-corrected chi connectivity index (χ4v) is 3.59. The number of nitrogens with two attached hydrogens (primary N) is 1. The van der Waals surface area contributed by atoms with Gasteiger partial charge in [-0.15, -0.1) is 0 Å². The van der Waals surface area contributed by atoms with Crippen LogP contribution < -0.4 is 5.14 Å². The molecule has 2 N–H and O–H groups in total. The molecule has 196 valence electrons. The van der Waals surface area contributed by atoms with Crippen molar-refractivity contribution in [1.29, 1.82) is 0 Å². The molecule has 0 bridgehead atoms. The van der Waals surface area contributed by atoms with Gasteiger partial charge in [-0.25, -0.2) is 8.42 Å². The van der Waals surface area contributed by atoms with Crippen LogP contribution in [0.4, 0.5) is 0 Å². The molecule has 0 aliphatic heterocycles. The molecule has 0 aliphatic rings. The summed E-state index contributed by atoms with van der Waals surface area (Å²) in [5.41, 5.74) is 3.26. The van der Waals surface area contributed by atoms with Gasteiger partial charge in [0.15, 0.2) is 0 Å². The molecular weight excluding hydrogens is 659 g/mol. The molecule has 2 atom stereocenters. The summed E-state index contributed by atoms with van der Waals surface area (Å²) in [5.74, 6) is 0. The van der Waals surface area contributed by atoms with Crippen molar-refractivity contribution in [2.75, 3.05) is 0 Å². The number of carbonyl (C=O) groups is 1. The monoisotopic (exact) mass is 688 g/mol. The van der Waals surface area contributed by atoms with Gasteiger partial charge in [0.2, 0.25) is 0 Å². The van der Waals surface area contributed by atoms with E-state index in [-0.39, 0.29) is 9.49 Å². The molecule has 5 nitrogen and oxygen atoms in total. The summed E-state index contributed by atoms with van der Waals surface area (Å²) >= 11 is 18.6. The van der Waals surface area contributed by atoms with Gasteiger partial charge in [0.1, 0.15) is 17.3 Å². The van der Waals surface area contributed by atoms with Gasteiger partial charge in [-0.3, -0.25) is 9.93 Å². The van der Waals surface area contributed by atoms with E-state index < -0.39 is 22.0 Å². The molecule has 11 heteroatoms. The second kappa shape index (κ2) is 15.1. The summed E-state index contributed by atoms with van der Waals surface area (Å²) in [6.07, 6.45) is 2.42. The summed E-state index contributed by atoms with van der Waals surface area (Å²) in [4.78, 5) is 10.4. The number of benzene rings is 2. The second-order valence-electron chi connectivity index (χ2n) is 9.27. The Balaban J connectivity index is 0.000000550. The molecule has 0 amide bonds. The Labute approximate surface area is 241 Å². The summed E-state index contributed by atoms with van der Waals surface area (Å²) in [6.45, 7) is 14.9. The molecule has 2 aromatic carbocycles. The van der Waals surface area contributed by atoms with Gasteiger partial charge < -0.3 is 0 Å². The molecule has 0 radical (unpaired) electrons. The maximum Gasteiger partial charge on any atom is 0.150 e. The molecule has 0 aromatic heterocycles. The Hall–Kier alpha value is -0.420. The molecule has 0 fully saturated rings. The van der Waals surface area contributed by atoms with E-state index >= 15 is 0 Å². The van der Waals surface area contributed by atoms with E-state index in [4.69, 9.17) is 28.3 Å². The van der Waals surface area contributed by atoms with Crippen LogP contribution in [0, 0.1) is 13.8 Å². The Morgan fingerprint density at radius 3 is 1.54 bits per heavy atom. The van der Waals surface area contributed by atoms with Crippen LogP contribution in [0.15, 0.2) is 37.6 Å². The third-order valence-corrected chi connectivity index (χ3v) is 9.61. The average molecular weight is 691 g/mol. The lowest BCUT2D eigenvalue weighted by Crippen LogP contribution is -2.27. The van der Waals surface area contributed by atoms with E-state index in [1.165, 1.54) is 0 Å². The summed E-state index contributed by atoms with van der Waals surface area (Å²) in [7, 11) is -2.43. The number of carbonyl (C=O) groups excluding carboxylic acids is 1. The molecule has 0 saturated heterocycles. The smallest absolute Gasteiger partial charge is 0.150 e. The number of halogens is 4. The number of hydrogen-bond donors (Lipinski definition) is 1. The zero-order valence-electron chi connectivity index (χ0n) is 21.0.